The number of sulfone groups is 1. The lowest BCUT2D eigenvalue weighted by Gasteiger charge is -2.23. The molecule has 19 heavy (non-hydrogen) atoms. The SMILES string of the molecule is O=C1[C@@H]2[C@@H](C(=O)N1[C@@H]1CCCS1(=O)=O)[C@H]1C=C[C@H]2C1. The largest absolute Gasteiger partial charge is 0.274 e. The number of nitrogens with zero attached hydrogens (tertiary/aromatic N) is 1. The van der Waals surface area contributed by atoms with E-state index in [0.717, 1.165) is 11.3 Å². The number of rotatable bonds is 1. The Labute approximate surface area is 111 Å². The molecule has 0 spiro atoms. The van der Waals surface area contributed by atoms with E-state index >= 15 is 0 Å². The highest BCUT2D eigenvalue weighted by atomic mass is 32.2. The topological polar surface area (TPSA) is 71.5 Å². The van der Waals surface area contributed by atoms with Crippen LogP contribution in [0.1, 0.15) is 19.3 Å². The highest BCUT2D eigenvalue weighted by Gasteiger charge is 2.61. The summed E-state index contributed by atoms with van der Waals surface area (Å²) in [5.41, 5.74) is 0. The second-order valence-electron chi connectivity index (χ2n) is 6.01. The molecule has 2 aliphatic carbocycles. The summed E-state index contributed by atoms with van der Waals surface area (Å²) in [5.74, 6) is -0.711. The third-order valence-corrected chi connectivity index (χ3v) is 7.22. The smallest absolute Gasteiger partial charge is 0.234 e. The van der Waals surface area contributed by atoms with Gasteiger partial charge in [0, 0.05) is 0 Å². The Morgan fingerprint density at radius 1 is 1.05 bits per heavy atom. The number of carbonyl (C=O) groups is 2. The molecule has 0 aromatic heterocycles. The fourth-order valence-electron chi connectivity index (χ4n) is 4.27. The van der Waals surface area contributed by atoms with Crippen LogP contribution < -0.4 is 0 Å². The van der Waals surface area contributed by atoms with Gasteiger partial charge in [-0.15, -0.1) is 0 Å². The van der Waals surface area contributed by atoms with E-state index in [9.17, 15) is 18.0 Å². The number of hydrogen-bond donors (Lipinski definition) is 0. The van der Waals surface area contributed by atoms with Crippen LogP contribution in [0.15, 0.2) is 12.2 Å². The quantitative estimate of drug-likeness (QED) is 0.513. The maximum absolute atomic E-state index is 12.5. The van der Waals surface area contributed by atoms with Crippen LogP contribution in [0.2, 0.25) is 0 Å². The van der Waals surface area contributed by atoms with Gasteiger partial charge < -0.3 is 0 Å². The van der Waals surface area contributed by atoms with Gasteiger partial charge in [0.25, 0.3) is 0 Å². The monoisotopic (exact) mass is 281 g/mol. The van der Waals surface area contributed by atoms with Crippen molar-refractivity contribution in [3.8, 4) is 0 Å². The zero-order chi connectivity index (χ0) is 13.4. The number of hydrogen-bond acceptors (Lipinski definition) is 4. The molecule has 2 bridgehead atoms. The lowest BCUT2D eigenvalue weighted by atomic mass is 9.85. The molecule has 0 N–H and O–H groups in total. The lowest BCUT2D eigenvalue weighted by molar-refractivity contribution is -0.141. The molecule has 2 heterocycles. The van der Waals surface area contributed by atoms with Crippen LogP contribution in [0.25, 0.3) is 0 Å². The molecule has 0 aromatic carbocycles. The number of imide groups is 1. The van der Waals surface area contributed by atoms with Gasteiger partial charge in [0.1, 0.15) is 5.37 Å². The Bertz CT molecular complexity index is 578. The van der Waals surface area contributed by atoms with Gasteiger partial charge in [-0.1, -0.05) is 12.2 Å². The zero-order valence-corrected chi connectivity index (χ0v) is 11.2. The lowest BCUT2D eigenvalue weighted by Crippen LogP contribution is -2.44. The molecule has 4 aliphatic rings. The molecule has 6 heteroatoms. The van der Waals surface area contributed by atoms with Crippen molar-refractivity contribution in [2.75, 3.05) is 5.75 Å². The van der Waals surface area contributed by atoms with Gasteiger partial charge in [-0.2, -0.15) is 0 Å². The minimum Gasteiger partial charge on any atom is -0.274 e. The Kier molecular flexibility index (Phi) is 2.13. The molecular formula is C13H15NO4S. The van der Waals surface area contributed by atoms with Crippen LogP contribution in [0.5, 0.6) is 0 Å². The van der Waals surface area contributed by atoms with Crippen molar-refractivity contribution in [3.05, 3.63) is 12.2 Å². The molecule has 0 aromatic rings. The summed E-state index contributed by atoms with van der Waals surface area (Å²) in [6.45, 7) is 0. The third kappa shape index (κ3) is 1.33. The molecule has 0 radical (unpaired) electrons. The second-order valence-corrected chi connectivity index (χ2v) is 8.29. The van der Waals surface area contributed by atoms with Crippen molar-refractivity contribution in [2.45, 2.75) is 24.6 Å². The van der Waals surface area contributed by atoms with Gasteiger partial charge in [0.2, 0.25) is 11.8 Å². The molecule has 0 unspecified atom stereocenters. The number of carbonyl (C=O) groups excluding carboxylic acids is 2. The van der Waals surface area contributed by atoms with Gasteiger partial charge in [-0.05, 0) is 31.1 Å². The summed E-state index contributed by atoms with van der Waals surface area (Å²) < 4.78 is 24.0. The van der Waals surface area contributed by atoms with Crippen molar-refractivity contribution in [1.82, 2.24) is 4.90 Å². The van der Waals surface area contributed by atoms with Crippen LogP contribution in [0.3, 0.4) is 0 Å². The van der Waals surface area contributed by atoms with E-state index in [1.807, 2.05) is 12.2 Å². The minimum atomic E-state index is -3.32. The summed E-state index contributed by atoms with van der Waals surface area (Å²) in [6, 6.07) is 0. The van der Waals surface area contributed by atoms with E-state index in [0.29, 0.717) is 12.8 Å². The van der Waals surface area contributed by atoms with Crippen LogP contribution in [0.4, 0.5) is 0 Å². The highest BCUT2D eigenvalue weighted by molar-refractivity contribution is 7.92. The minimum absolute atomic E-state index is 0.0924. The van der Waals surface area contributed by atoms with Crippen LogP contribution in [-0.2, 0) is 19.4 Å². The number of likely N-dealkylation sites (tertiary alicyclic amines) is 1. The number of amides is 2. The third-order valence-electron chi connectivity index (χ3n) is 5.09. The summed E-state index contributed by atoms with van der Waals surface area (Å²) >= 11 is 0. The van der Waals surface area contributed by atoms with Gasteiger partial charge in [0.05, 0.1) is 17.6 Å². The molecule has 5 nitrogen and oxygen atoms in total. The molecule has 4 rings (SSSR count). The van der Waals surface area contributed by atoms with E-state index in [1.165, 1.54) is 0 Å². The fourth-order valence-corrected chi connectivity index (χ4v) is 6.17. The summed E-state index contributed by atoms with van der Waals surface area (Å²) in [7, 11) is -3.32. The Balaban J connectivity index is 1.73. The molecule has 2 aliphatic heterocycles. The van der Waals surface area contributed by atoms with Gasteiger partial charge in [-0.3, -0.25) is 14.5 Å². The standard InChI is InChI=1S/C13H15NO4S/c15-12-10-7-3-4-8(6-7)11(10)13(16)14(12)9-2-1-5-19(9,17)18/h3-4,7-11H,1-2,5-6H2/t7-,8-,9-,10-,11-/m0/s1. The Morgan fingerprint density at radius 2 is 1.63 bits per heavy atom. The van der Waals surface area contributed by atoms with E-state index in [1.54, 1.807) is 0 Å². The maximum atomic E-state index is 12.5. The normalized spacial score (nSPS) is 46.3. The maximum Gasteiger partial charge on any atom is 0.234 e. The predicted octanol–water partition coefficient (Wildman–Crippen LogP) is 0.328. The highest BCUT2D eigenvalue weighted by Crippen LogP contribution is 2.53. The molecule has 5 atom stereocenters. The molecule has 2 saturated heterocycles. The van der Waals surface area contributed by atoms with E-state index < -0.39 is 15.2 Å². The summed E-state index contributed by atoms with van der Waals surface area (Å²) in [6.07, 6.45) is 5.86. The fraction of sp³-hybridized carbons (Fsp3) is 0.692. The molecule has 102 valence electrons. The molecule has 2 amide bonds. The first-order chi connectivity index (χ1) is 9.00. The summed E-state index contributed by atoms with van der Waals surface area (Å²) in [4.78, 5) is 26.0. The first kappa shape index (κ1) is 11.6. The van der Waals surface area contributed by atoms with Crippen molar-refractivity contribution >= 4 is 21.7 Å². The molecule has 3 fully saturated rings. The second kappa shape index (κ2) is 3.48. The van der Waals surface area contributed by atoms with E-state index in [2.05, 4.69) is 0 Å². The predicted molar refractivity (Wildman–Crippen MR) is 66.4 cm³/mol. The van der Waals surface area contributed by atoms with Gasteiger partial charge >= 0.3 is 0 Å². The average molecular weight is 281 g/mol. The Morgan fingerprint density at radius 3 is 2.11 bits per heavy atom. The number of fused-ring (bicyclic) bond motifs is 5. The van der Waals surface area contributed by atoms with Crippen LogP contribution in [0, 0.1) is 23.7 Å². The van der Waals surface area contributed by atoms with Crippen LogP contribution in [-0.4, -0.2) is 36.3 Å². The van der Waals surface area contributed by atoms with Crippen molar-refractivity contribution < 1.29 is 18.0 Å². The van der Waals surface area contributed by atoms with E-state index in [-0.39, 0.29) is 41.2 Å². The average Bonchev–Trinajstić information content (AvgIpc) is 3.06. The molecular weight excluding hydrogens is 266 g/mol. The molecule has 1 saturated carbocycles. The van der Waals surface area contributed by atoms with Crippen LogP contribution >= 0.6 is 0 Å². The van der Waals surface area contributed by atoms with Crippen molar-refractivity contribution in [2.24, 2.45) is 23.7 Å². The first-order valence-corrected chi connectivity index (χ1v) is 8.49. The van der Waals surface area contributed by atoms with Gasteiger partial charge in [0.15, 0.2) is 9.84 Å². The zero-order valence-electron chi connectivity index (χ0n) is 10.4. The van der Waals surface area contributed by atoms with E-state index in [4.69, 9.17) is 0 Å². The summed E-state index contributed by atoms with van der Waals surface area (Å²) in [5, 5.41) is -0.891. The first-order valence-electron chi connectivity index (χ1n) is 6.77. The Hall–Kier alpha value is -1.17. The van der Waals surface area contributed by atoms with Crippen molar-refractivity contribution in [3.63, 3.8) is 0 Å². The van der Waals surface area contributed by atoms with Crippen molar-refractivity contribution in [1.29, 1.82) is 0 Å². The number of allylic oxidation sites excluding steroid dienone is 2. The van der Waals surface area contributed by atoms with Gasteiger partial charge in [-0.25, -0.2) is 8.42 Å².